The summed E-state index contributed by atoms with van der Waals surface area (Å²) in [7, 11) is 1.56. The number of nitrogens with zero attached hydrogens (tertiary/aromatic N) is 3. The Balaban J connectivity index is 2.41. The van der Waals surface area contributed by atoms with Gasteiger partial charge in [0.1, 0.15) is 4.83 Å². The summed E-state index contributed by atoms with van der Waals surface area (Å²) >= 11 is 0.979. The second-order valence-corrected chi connectivity index (χ2v) is 5.24. The molecule has 0 aliphatic rings. The molecule has 2 aromatic heterocycles. The molecule has 3 rings (SSSR count). The molecule has 0 bridgehead atoms. The lowest BCUT2D eigenvalue weighted by molar-refractivity contribution is -0.380. The van der Waals surface area contributed by atoms with E-state index in [1.807, 2.05) is 30.3 Å². The zero-order chi connectivity index (χ0) is 14.3. The molecule has 2 heterocycles. The highest BCUT2D eigenvalue weighted by Crippen LogP contribution is 2.35. The maximum Gasteiger partial charge on any atom is 0.348 e. The summed E-state index contributed by atoms with van der Waals surface area (Å²) in [6.07, 6.45) is 0. The predicted octanol–water partition coefficient (Wildman–Crippen LogP) is 2.57. The van der Waals surface area contributed by atoms with E-state index in [1.54, 1.807) is 7.05 Å². The van der Waals surface area contributed by atoms with Gasteiger partial charge in [-0.3, -0.25) is 14.7 Å². The molecule has 0 saturated carbocycles. The highest BCUT2D eigenvalue weighted by molar-refractivity contribution is 7.21. The van der Waals surface area contributed by atoms with E-state index in [-0.39, 0.29) is 5.00 Å². The zero-order valence-electron chi connectivity index (χ0n) is 10.4. The van der Waals surface area contributed by atoms with Crippen molar-refractivity contribution in [3.05, 3.63) is 57.0 Å². The first-order chi connectivity index (χ1) is 9.58. The van der Waals surface area contributed by atoms with Crippen molar-refractivity contribution >= 4 is 26.6 Å². The predicted molar refractivity (Wildman–Crippen MR) is 77.0 cm³/mol. The van der Waals surface area contributed by atoms with Crippen LogP contribution in [0, 0.1) is 10.1 Å². The zero-order valence-corrected chi connectivity index (χ0v) is 11.3. The van der Waals surface area contributed by atoms with Gasteiger partial charge in [-0.1, -0.05) is 30.3 Å². The van der Waals surface area contributed by atoms with Crippen LogP contribution < -0.4 is 5.69 Å². The van der Waals surface area contributed by atoms with Crippen LogP contribution in [-0.4, -0.2) is 14.5 Å². The van der Waals surface area contributed by atoms with Crippen molar-refractivity contribution in [1.82, 2.24) is 9.55 Å². The number of benzene rings is 1. The molecule has 0 aliphatic heterocycles. The molecule has 0 fully saturated rings. The molecule has 0 amide bonds. The fraction of sp³-hybridized carbons (Fsp3) is 0.0769. The van der Waals surface area contributed by atoms with Gasteiger partial charge in [0.2, 0.25) is 0 Å². The Labute approximate surface area is 117 Å². The number of aromatic nitrogens is 2. The van der Waals surface area contributed by atoms with Crippen LogP contribution in [0.3, 0.4) is 0 Å². The van der Waals surface area contributed by atoms with Crippen molar-refractivity contribution in [2.75, 3.05) is 0 Å². The number of nitro groups is 1. The summed E-state index contributed by atoms with van der Waals surface area (Å²) in [5.74, 6) is 0. The number of hydrogen-bond acceptors (Lipinski definition) is 5. The molecule has 0 saturated heterocycles. The van der Waals surface area contributed by atoms with Crippen LogP contribution in [0.1, 0.15) is 0 Å². The quantitative estimate of drug-likeness (QED) is 0.536. The minimum absolute atomic E-state index is 0.000168. The molecular weight excluding hydrogens is 278 g/mol. The first-order valence-corrected chi connectivity index (χ1v) is 6.60. The summed E-state index contributed by atoms with van der Waals surface area (Å²) in [4.78, 5) is 26.9. The van der Waals surface area contributed by atoms with Crippen LogP contribution in [0.5, 0.6) is 0 Å². The highest BCUT2D eigenvalue weighted by Gasteiger charge is 2.18. The summed E-state index contributed by atoms with van der Waals surface area (Å²) in [6.45, 7) is 0. The maximum atomic E-state index is 11.9. The molecule has 3 aromatic rings. The first kappa shape index (κ1) is 12.5. The monoisotopic (exact) mass is 287 g/mol. The van der Waals surface area contributed by atoms with Gasteiger partial charge >= 0.3 is 10.7 Å². The molecule has 0 N–H and O–H groups in total. The summed E-state index contributed by atoms with van der Waals surface area (Å²) < 4.78 is 1.33. The van der Waals surface area contributed by atoms with Crippen LogP contribution in [0.15, 0.2) is 41.2 Å². The lowest BCUT2D eigenvalue weighted by Crippen LogP contribution is -2.20. The molecule has 0 atom stereocenters. The van der Waals surface area contributed by atoms with Crippen molar-refractivity contribution in [2.45, 2.75) is 0 Å². The smallest absolute Gasteiger partial charge is 0.286 e. The molecule has 7 heteroatoms. The maximum absolute atomic E-state index is 11.9. The molecule has 20 heavy (non-hydrogen) atoms. The van der Waals surface area contributed by atoms with Crippen LogP contribution in [-0.2, 0) is 7.05 Å². The van der Waals surface area contributed by atoms with Gasteiger partial charge in [-0.05, 0) is 11.3 Å². The Morgan fingerprint density at radius 1 is 1.30 bits per heavy atom. The van der Waals surface area contributed by atoms with E-state index in [0.29, 0.717) is 15.9 Å². The van der Waals surface area contributed by atoms with Crippen LogP contribution >= 0.6 is 11.3 Å². The third kappa shape index (κ3) is 1.88. The van der Waals surface area contributed by atoms with Crippen molar-refractivity contribution in [1.29, 1.82) is 0 Å². The Bertz CT molecular complexity index is 868. The number of fused-ring (bicyclic) bond motifs is 1. The SMILES string of the molecule is Cn1c(=O)nc(-c2ccccc2)c2cc([N+](=O)[O-])sc21. The summed E-state index contributed by atoms with van der Waals surface area (Å²) in [5.41, 5.74) is 0.823. The second kappa shape index (κ2) is 4.53. The summed E-state index contributed by atoms with van der Waals surface area (Å²) in [5, 5.41) is 11.5. The molecule has 0 spiro atoms. The van der Waals surface area contributed by atoms with E-state index in [2.05, 4.69) is 4.98 Å². The number of hydrogen-bond donors (Lipinski definition) is 0. The Kier molecular flexibility index (Phi) is 2.83. The molecule has 0 unspecified atom stereocenters. The standard InChI is InChI=1S/C13H9N3O3S/c1-15-12-9(7-10(20-12)16(18)19)11(14-13(15)17)8-5-3-2-4-6-8/h2-7H,1H3. The fourth-order valence-corrected chi connectivity index (χ4v) is 2.94. The third-order valence-corrected chi connectivity index (χ3v) is 4.14. The third-order valence-electron chi connectivity index (χ3n) is 2.98. The largest absolute Gasteiger partial charge is 0.348 e. The molecule has 1 aromatic carbocycles. The van der Waals surface area contributed by atoms with Crippen LogP contribution in [0.25, 0.3) is 21.5 Å². The van der Waals surface area contributed by atoms with Gasteiger partial charge in [-0.2, -0.15) is 4.98 Å². The van der Waals surface area contributed by atoms with E-state index in [4.69, 9.17) is 0 Å². The molecule has 0 aliphatic carbocycles. The molecule has 6 nitrogen and oxygen atoms in total. The van der Waals surface area contributed by atoms with E-state index < -0.39 is 10.6 Å². The lowest BCUT2D eigenvalue weighted by atomic mass is 10.1. The first-order valence-electron chi connectivity index (χ1n) is 5.78. The van der Waals surface area contributed by atoms with Crippen LogP contribution in [0.4, 0.5) is 5.00 Å². The van der Waals surface area contributed by atoms with Crippen molar-refractivity contribution in [3.63, 3.8) is 0 Å². The van der Waals surface area contributed by atoms with Gasteiger partial charge in [0.05, 0.1) is 10.6 Å². The van der Waals surface area contributed by atoms with Crippen molar-refractivity contribution in [2.24, 2.45) is 7.05 Å². The average molecular weight is 287 g/mol. The fourth-order valence-electron chi connectivity index (χ4n) is 2.01. The van der Waals surface area contributed by atoms with Crippen molar-refractivity contribution < 1.29 is 4.92 Å². The molecule has 100 valence electrons. The van der Waals surface area contributed by atoms with Gasteiger partial charge in [0.15, 0.2) is 0 Å². The Morgan fingerprint density at radius 3 is 2.65 bits per heavy atom. The number of thiophene rings is 1. The van der Waals surface area contributed by atoms with Crippen LogP contribution in [0.2, 0.25) is 0 Å². The summed E-state index contributed by atoms with van der Waals surface area (Å²) in [6, 6.07) is 10.6. The lowest BCUT2D eigenvalue weighted by Gasteiger charge is -2.04. The normalized spacial score (nSPS) is 10.8. The minimum atomic E-state index is -0.454. The van der Waals surface area contributed by atoms with Gasteiger partial charge in [0, 0.05) is 24.1 Å². The topological polar surface area (TPSA) is 78.0 Å². The Morgan fingerprint density at radius 2 is 2.00 bits per heavy atom. The highest BCUT2D eigenvalue weighted by atomic mass is 32.1. The number of aryl methyl sites for hydroxylation is 1. The van der Waals surface area contributed by atoms with E-state index >= 15 is 0 Å². The van der Waals surface area contributed by atoms with Gasteiger partial charge < -0.3 is 0 Å². The van der Waals surface area contributed by atoms with Crippen molar-refractivity contribution in [3.8, 4) is 11.3 Å². The van der Waals surface area contributed by atoms with E-state index in [1.165, 1.54) is 10.6 Å². The van der Waals surface area contributed by atoms with E-state index in [0.717, 1.165) is 16.9 Å². The molecular formula is C13H9N3O3S. The Hall–Kier alpha value is -2.54. The van der Waals surface area contributed by atoms with E-state index in [9.17, 15) is 14.9 Å². The minimum Gasteiger partial charge on any atom is -0.286 e. The van der Waals surface area contributed by atoms with Gasteiger partial charge in [-0.25, -0.2) is 4.79 Å². The van der Waals surface area contributed by atoms with Gasteiger partial charge in [0.25, 0.3) is 0 Å². The average Bonchev–Trinajstić information content (AvgIpc) is 2.89. The van der Waals surface area contributed by atoms with Gasteiger partial charge in [-0.15, -0.1) is 0 Å². The number of rotatable bonds is 2. The second-order valence-electron chi connectivity index (χ2n) is 4.23. The molecule has 0 radical (unpaired) electrons.